The zero-order valence-electron chi connectivity index (χ0n) is 14.4. The first-order valence-corrected chi connectivity index (χ1v) is 9.13. The summed E-state index contributed by atoms with van der Waals surface area (Å²) in [5.74, 6) is 0. The molecular weight excluding hydrogens is 369 g/mol. The molecule has 0 aliphatic carbocycles. The first-order valence-electron chi connectivity index (χ1n) is 8.31. The summed E-state index contributed by atoms with van der Waals surface area (Å²) in [5, 5.41) is 0.875. The van der Waals surface area contributed by atoms with Crippen molar-refractivity contribution in [1.29, 1.82) is 0 Å². The van der Waals surface area contributed by atoms with E-state index in [4.69, 9.17) is 4.98 Å². The van der Waals surface area contributed by atoms with Gasteiger partial charge in [-0.05, 0) is 42.8 Å². The summed E-state index contributed by atoms with van der Waals surface area (Å²) in [7, 11) is 0. The van der Waals surface area contributed by atoms with Crippen LogP contribution in [0.3, 0.4) is 0 Å². The summed E-state index contributed by atoms with van der Waals surface area (Å²) < 4.78 is 40.4. The first kappa shape index (κ1) is 17.7. The molecule has 6 heteroatoms. The van der Waals surface area contributed by atoms with Crippen LogP contribution in [0.15, 0.2) is 82.8 Å². The van der Waals surface area contributed by atoms with E-state index in [1.54, 1.807) is 0 Å². The zero-order chi connectivity index (χ0) is 19.0. The minimum Gasteiger partial charge on any atom is -0.294 e. The number of halogens is 3. The Balaban J connectivity index is 1.81. The fraction of sp³-hybridized carbons (Fsp3) is 0.0952. The maximum absolute atomic E-state index is 12.8. The molecule has 0 radical (unpaired) electrons. The molecule has 2 aromatic carbocycles. The standard InChI is InChI=1S/C21H15F3N2S/c1-14-7-12-18-25-19(15-5-3-2-4-6-15)20(26(18)13-14)27-17-10-8-16(9-11-17)21(22,23)24/h2-13H,1H3. The van der Waals surface area contributed by atoms with Crippen LogP contribution in [-0.4, -0.2) is 9.38 Å². The summed E-state index contributed by atoms with van der Waals surface area (Å²) in [4.78, 5) is 5.46. The lowest BCUT2D eigenvalue weighted by Crippen LogP contribution is -2.03. The van der Waals surface area contributed by atoms with Gasteiger partial charge in [0.05, 0.1) is 5.56 Å². The second kappa shape index (κ2) is 6.78. The monoisotopic (exact) mass is 384 g/mol. The Morgan fingerprint density at radius 1 is 0.889 bits per heavy atom. The molecule has 27 heavy (non-hydrogen) atoms. The quantitative estimate of drug-likeness (QED) is 0.402. The second-order valence-electron chi connectivity index (χ2n) is 6.19. The Labute approximate surface area is 158 Å². The molecule has 0 N–H and O–H groups in total. The van der Waals surface area contributed by atoms with Crippen molar-refractivity contribution >= 4 is 17.4 Å². The fourth-order valence-electron chi connectivity index (χ4n) is 2.83. The van der Waals surface area contributed by atoms with E-state index < -0.39 is 11.7 Å². The highest BCUT2D eigenvalue weighted by molar-refractivity contribution is 7.99. The smallest absolute Gasteiger partial charge is 0.294 e. The molecule has 4 aromatic rings. The number of rotatable bonds is 3. The van der Waals surface area contributed by atoms with Crippen LogP contribution >= 0.6 is 11.8 Å². The molecule has 2 aromatic heterocycles. The van der Waals surface area contributed by atoms with Crippen molar-refractivity contribution in [2.45, 2.75) is 23.0 Å². The SMILES string of the molecule is Cc1ccc2nc(-c3ccccc3)c(Sc3ccc(C(F)(F)F)cc3)n2c1. The average Bonchev–Trinajstić information content (AvgIpc) is 3.00. The molecule has 4 rings (SSSR count). The van der Waals surface area contributed by atoms with Gasteiger partial charge in [0.15, 0.2) is 0 Å². The molecule has 0 aliphatic rings. The topological polar surface area (TPSA) is 17.3 Å². The lowest BCUT2D eigenvalue weighted by atomic mass is 10.2. The summed E-state index contributed by atoms with van der Waals surface area (Å²) >= 11 is 1.41. The Kier molecular flexibility index (Phi) is 4.44. The maximum Gasteiger partial charge on any atom is 0.416 e. The van der Waals surface area contributed by atoms with E-state index in [0.29, 0.717) is 0 Å². The summed E-state index contributed by atoms with van der Waals surface area (Å²) in [6.45, 7) is 1.99. The molecule has 0 saturated carbocycles. The Hall–Kier alpha value is -2.73. The van der Waals surface area contributed by atoms with Gasteiger partial charge in [0.1, 0.15) is 16.4 Å². The molecule has 0 bridgehead atoms. The molecular formula is C21H15F3N2S. The van der Waals surface area contributed by atoms with Crippen LogP contribution in [0.5, 0.6) is 0 Å². The largest absolute Gasteiger partial charge is 0.416 e. The maximum atomic E-state index is 12.8. The van der Waals surface area contributed by atoms with Crippen molar-refractivity contribution in [2.24, 2.45) is 0 Å². The summed E-state index contributed by atoms with van der Waals surface area (Å²) in [6, 6.07) is 18.9. The van der Waals surface area contributed by atoms with E-state index in [1.165, 1.54) is 23.9 Å². The third kappa shape index (κ3) is 3.57. The molecule has 0 spiro atoms. The molecule has 0 aliphatic heterocycles. The van der Waals surface area contributed by atoms with Crippen molar-refractivity contribution in [3.63, 3.8) is 0 Å². The van der Waals surface area contributed by atoms with Gasteiger partial charge in [-0.2, -0.15) is 13.2 Å². The third-order valence-electron chi connectivity index (χ3n) is 4.17. The number of hydrogen-bond donors (Lipinski definition) is 0. The van der Waals surface area contributed by atoms with E-state index in [2.05, 4.69) is 0 Å². The molecule has 0 fully saturated rings. The van der Waals surface area contributed by atoms with E-state index >= 15 is 0 Å². The number of benzene rings is 2. The second-order valence-corrected chi connectivity index (χ2v) is 7.25. The van der Waals surface area contributed by atoms with Crippen LogP contribution in [0, 0.1) is 6.92 Å². The third-order valence-corrected chi connectivity index (χ3v) is 5.26. The van der Waals surface area contributed by atoms with E-state index in [0.717, 1.165) is 44.5 Å². The van der Waals surface area contributed by atoms with E-state index in [1.807, 2.05) is 60.0 Å². The van der Waals surface area contributed by atoms with Gasteiger partial charge in [0.2, 0.25) is 0 Å². The van der Waals surface area contributed by atoms with Crippen molar-refractivity contribution < 1.29 is 13.2 Å². The number of nitrogens with zero attached hydrogens (tertiary/aromatic N) is 2. The number of aromatic nitrogens is 2. The Morgan fingerprint density at radius 2 is 1.59 bits per heavy atom. The van der Waals surface area contributed by atoms with E-state index in [-0.39, 0.29) is 0 Å². The van der Waals surface area contributed by atoms with Crippen LogP contribution in [0.4, 0.5) is 13.2 Å². The van der Waals surface area contributed by atoms with Gasteiger partial charge in [0, 0.05) is 16.7 Å². The lowest BCUT2D eigenvalue weighted by Gasteiger charge is -2.09. The number of aryl methyl sites for hydroxylation is 1. The average molecular weight is 384 g/mol. The van der Waals surface area contributed by atoms with Crippen LogP contribution in [-0.2, 0) is 6.18 Å². The van der Waals surface area contributed by atoms with Gasteiger partial charge in [-0.15, -0.1) is 0 Å². The van der Waals surface area contributed by atoms with Gasteiger partial charge < -0.3 is 0 Å². The minimum atomic E-state index is -4.33. The number of fused-ring (bicyclic) bond motifs is 1. The van der Waals surface area contributed by atoms with Crippen molar-refractivity contribution in [1.82, 2.24) is 9.38 Å². The molecule has 2 nitrogen and oxygen atoms in total. The molecule has 0 unspecified atom stereocenters. The molecule has 136 valence electrons. The molecule has 0 saturated heterocycles. The summed E-state index contributed by atoms with van der Waals surface area (Å²) in [6.07, 6.45) is -2.35. The predicted molar refractivity (Wildman–Crippen MR) is 101 cm³/mol. The van der Waals surface area contributed by atoms with Crippen LogP contribution in [0.25, 0.3) is 16.9 Å². The van der Waals surface area contributed by atoms with E-state index in [9.17, 15) is 13.2 Å². The van der Waals surface area contributed by atoms with Crippen LogP contribution in [0.2, 0.25) is 0 Å². The Bertz CT molecular complexity index is 1080. The lowest BCUT2D eigenvalue weighted by molar-refractivity contribution is -0.137. The first-order chi connectivity index (χ1) is 12.9. The zero-order valence-corrected chi connectivity index (χ0v) is 15.2. The molecule has 0 amide bonds. The normalized spacial score (nSPS) is 11.9. The molecule has 2 heterocycles. The van der Waals surface area contributed by atoms with Crippen LogP contribution in [0.1, 0.15) is 11.1 Å². The highest BCUT2D eigenvalue weighted by Gasteiger charge is 2.30. The summed E-state index contributed by atoms with van der Waals surface area (Å²) in [5.41, 5.74) is 3.01. The van der Waals surface area contributed by atoms with Gasteiger partial charge in [-0.1, -0.05) is 48.2 Å². The van der Waals surface area contributed by atoms with Crippen molar-refractivity contribution in [3.05, 3.63) is 84.1 Å². The minimum absolute atomic E-state index is 0.649. The van der Waals surface area contributed by atoms with Gasteiger partial charge >= 0.3 is 6.18 Å². The fourth-order valence-corrected chi connectivity index (χ4v) is 3.83. The van der Waals surface area contributed by atoms with Gasteiger partial charge in [-0.25, -0.2) is 4.98 Å². The highest BCUT2D eigenvalue weighted by atomic mass is 32.2. The molecule has 0 atom stereocenters. The number of hydrogen-bond acceptors (Lipinski definition) is 2. The number of pyridine rings is 1. The number of imidazole rings is 1. The number of alkyl halides is 3. The highest BCUT2D eigenvalue weighted by Crippen LogP contribution is 2.38. The van der Waals surface area contributed by atoms with Crippen LogP contribution < -0.4 is 0 Å². The van der Waals surface area contributed by atoms with Crippen molar-refractivity contribution in [2.75, 3.05) is 0 Å². The Morgan fingerprint density at radius 3 is 2.26 bits per heavy atom. The van der Waals surface area contributed by atoms with Crippen molar-refractivity contribution in [3.8, 4) is 11.3 Å². The predicted octanol–water partition coefficient (Wildman–Crippen LogP) is 6.48. The van der Waals surface area contributed by atoms with Gasteiger partial charge in [0.25, 0.3) is 0 Å². The van der Waals surface area contributed by atoms with Gasteiger partial charge in [-0.3, -0.25) is 4.40 Å².